The zero-order valence-corrected chi connectivity index (χ0v) is 17.1. The van der Waals surface area contributed by atoms with E-state index in [4.69, 9.17) is 4.74 Å². The lowest BCUT2D eigenvalue weighted by Crippen LogP contribution is -2.36. The molecule has 4 rings (SSSR count). The van der Waals surface area contributed by atoms with Crippen LogP contribution in [0.2, 0.25) is 0 Å². The molecule has 0 saturated carbocycles. The predicted octanol–water partition coefficient (Wildman–Crippen LogP) is 4.61. The van der Waals surface area contributed by atoms with E-state index >= 15 is 0 Å². The van der Waals surface area contributed by atoms with Crippen molar-refractivity contribution < 1.29 is 9.53 Å². The van der Waals surface area contributed by atoms with Crippen molar-refractivity contribution in [3.63, 3.8) is 0 Å². The van der Waals surface area contributed by atoms with Gasteiger partial charge in [-0.2, -0.15) is 0 Å². The van der Waals surface area contributed by atoms with Crippen molar-refractivity contribution in [2.24, 2.45) is 0 Å². The van der Waals surface area contributed by atoms with E-state index < -0.39 is 0 Å². The summed E-state index contributed by atoms with van der Waals surface area (Å²) in [5.41, 5.74) is 5.29. The minimum Gasteiger partial charge on any atom is -0.378 e. The Morgan fingerprint density at radius 2 is 1.90 bits per heavy atom. The normalized spacial score (nSPS) is 14.3. The van der Waals surface area contributed by atoms with E-state index in [9.17, 15) is 4.79 Å². The van der Waals surface area contributed by atoms with Crippen LogP contribution in [0.3, 0.4) is 0 Å². The first-order valence-electron chi connectivity index (χ1n) is 9.62. The van der Waals surface area contributed by atoms with Gasteiger partial charge in [0.1, 0.15) is 0 Å². The Balaban J connectivity index is 1.36. The third kappa shape index (κ3) is 4.91. The molecule has 1 amide bonds. The molecule has 5 nitrogen and oxygen atoms in total. The topological polar surface area (TPSA) is 54.5 Å². The quantitative estimate of drug-likeness (QED) is 0.630. The van der Waals surface area contributed by atoms with Gasteiger partial charge in [-0.1, -0.05) is 36.4 Å². The molecule has 1 fully saturated rings. The van der Waals surface area contributed by atoms with Gasteiger partial charge in [-0.25, -0.2) is 4.98 Å². The van der Waals surface area contributed by atoms with Crippen molar-refractivity contribution in [3.8, 4) is 11.3 Å². The van der Waals surface area contributed by atoms with Crippen LogP contribution in [-0.4, -0.2) is 37.2 Å². The number of anilines is 2. The second-order valence-corrected chi connectivity index (χ2v) is 7.72. The van der Waals surface area contributed by atoms with Crippen LogP contribution in [0.15, 0.2) is 60.0 Å². The van der Waals surface area contributed by atoms with Gasteiger partial charge < -0.3 is 9.64 Å². The molecule has 0 aliphatic carbocycles. The fraction of sp³-hybridized carbons (Fsp3) is 0.217. The molecule has 1 saturated heterocycles. The first-order valence-corrected chi connectivity index (χ1v) is 10.5. The van der Waals surface area contributed by atoms with Crippen molar-refractivity contribution in [2.45, 2.75) is 6.92 Å². The number of nitrogens with one attached hydrogen (secondary N) is 1. The lowest BCUT2D eigenvalue weighted by Gasteiger charge is -2.28. The molecule has 0 bridgehead atoms. The van der Waals surface area contributed by atoms with Crippen LogP contribution >= 0.6 is 11.3 Å². The van der Waals surface area contributed by atoms with Crippen LogP contribution < -0.4 is 10.2 Å². The summed E-state index contributed by atoms with van der Waals surface area (Å²) < 4.78 is 5.39. The Morgan fingerprint density at radius 1 is 1.14 bits per heavy atom. The number of aryl methyl sites for hydroxylation is 1. The lowest BCUT2D eigenvalue weighted by molar-refractivity contribution is -0.111. The van der Waals surface area contributed by atoms with Crippen molar-refractivity contribution >= 4 is 34.1 Å². The van der Waals surface area contributed by atoms with E-state index in [1.807, 2.05) is 41.8 Å². The van der Waals surface area contributed by atoms with Gasteiger partial charge in [-0.15, -0.1) is 11.3 Å². The zero-order chi connectivity index (χ0) is 20.1. The Kier molecular flexibility index (Phi) is 6.03. The van der Waals surface area contributed by atoms with E-state index in [1.54, 1.807) is 6.08 Å². The highest BCUT2D eigenvalue weighted by atomic mass is 32.1. The highest BCUT2D eigenvalue weighted by Crippen LogP contribution is 2.27. The zero-order valence-electron chi connectivity index (χ0n) is 16.3. The monoisotopic (exact) mass is 405 g/mol. The van der Waals surface area contributed by atoms with E-state index in [0.29, 0.717) is 5.13 Å². The largest absolute Gasteiger partial charge is 0.378 e. The number of hydrogen-bond acceptors (Lipinski definition) is 5. The molecule has 0 unspecified atom stereocenters. The smallest absolute Gasteiger partial charge is 0.250 e. The third-order valence-corrected chi connectivity index (χ3v) is 5.61. The van der Waals surface area contributed by atoms with E-state index in [0.717, 1.165) is 48.7 Å². The number of aromatic nitrogens is 1. The van der Waals surface area contributed by atoms with Gasteiger partial charge in [0, 0.05) is 35.8 Å². The van der Waals surface area contributed by atoms with Crippen LogP contribution in [0, 0.1) is 6.92 Å². The summed E-state index contributed by atoms with van der Waals surface area (Å²) >= 11 is 1.43. The Bertz CT molecular complexity index is 1000. The number of rotatable bonds is 5. The van der Waals surface area contributed by atoms with E-state index in [1.165, 1.54) is 17.0 Å². The average molecular weight is 406 g/mol. The highest BCUT2D eigenvalue weighted by Gasteiger charge is 2.11. The van der Waals surface area contributed by atoms with E-state index in [-0.39, 0.29) is 5.91 Å². The molecule has 1 aliphatic rings. The highest BCUT2D eigenvalue weighted by molar-refractivity contribution is 7.14. The maximum Gasteiger partial charge on any atom is 0.250 e. The Labute approximate surface area is 174 Å². The molecule has 3 aromatic rings. The maximum absolute atomic E-state index is 12.3. The SMILES string of the molecule is Cc1ccccc1-c1csc(NC(=O)/C=C/c2ccc(N3CCOCC3)cc2)n1. The minimum atomic E-state index is -0.187. The molecule has 1 aliphatic heterocycles. The van der Waals surface area contributed by atoms with Crippen molar-refractivity contribution in [3.05, 3.63) is 71.1 Å². The number of amides is 1. The molecule has 148 valence electrons. The molecular formula is C23H23N3O2S. The predicted molar refractivity (Wildman–Crippen MR) is 119 cm³/mol. The van der Waals surface area contributed by atoms with Crippen LogP contribution in [-0.2, 0) is 9.53 Å². The number of hydrogen-bond donors (Lipinski definition) is 1. The first-order chi connectivity index (χ1) is 14.2. The van der Waals surface area contributed by atoms with Gasteiger partial charge in [0.25, 0.3) is 0 Å². The second-order valence-electron chi connectivity index (χ2n) is 6.87. The summed E-state index contributed by atoms with van der Waals surface area (Å²) in [6.07, 6.45) is 3.35. The summed E-state index contributed by atoms with van der Waals surface area (Å²) in [6.45, 7) is 5.42. The van der Waals surface area contributed by atoms with Crippen LogP contribution in [0.4, 0.5) is 10.8 Å². The number of carbonyl (C=O) groups is 1. The first kappa shape index (κ1) is 19.4. The molecule has 0 spiro atoms. The van der Waals surface area contributed by atoms with Crippen molar-refractivity contribution in [2.75, 3.05) is 36.5 Å². The average Bonchev–Trinajstić information content (AvgIpc) is 3.22. The number of carbonyl (C=O) groups excluding carboxylic acids is 1. The minimum absolute atomic E-state index is 0.187. The maximum atomic E-state index is 12.3. The van der Waals surface area contributed by atoms with Crippen LogP contribution in [0.25, 0.3) is 17.3 Å². The fourth-order valence-corrected chi connectivity index (χ4v) is 3.97. The number of ether oxygens (including phenoxy) is 1. The van der Waals surface area contributed by atoms with Gasteiger partial charge in [-0.05, 0) is 36.3 Å². The molecular weight excluding hydrogens is 382 g/mol. The number of nitrogens with zero attached hydrogens (tertiary/aromatic N) is 2. The second kappa shape index (κ2) is 9.03. The Hall–Kier alpha value is -2.96. The van der Waals surface area contributed by atoms with Gasteiger partial charge in [0.2, 0.25) is 5.91 Å². The van der Waals surface area contributed by atoms with Gasteiger partial charge >= 0.3 is 0 Å². The standard InChI is InChI=1S/C23H23N3O2S/c1-17-4-2-3-5-20(17)21-16-29-23(24-21)25-22(27)11-8-18-6-9-19(10-7-18)26-12-14-28-15-13-26/h2-11,16H,12-15H2,1H3,(H,24,25,27)/b11-8+. The van der Waals surface area contributed by atoms with Gasteiger partial charge in [0.15, 0.2) is 5.13 Å². The summed E-state index contributed by atoms with van der Waals surface area (Å²) in [7, 11) is 0. The summed E-state index contributed by atoms with van der Waals surface area (Å²) in [6, 6.07) is 16.3. The van der Waals surface area contributed by atoms with Crippen molar-refractivity contribution in [1.82, 2.24) is 4.98 Å². The van der Waals surface area contributed by atoms with E-state index in [2.05, 4.69) is 40.3 Å². The van der Waals surface area contributed by atoms with Gasteiger partial charge in [-0.3, -0.25) is 10.1 Å². The van der Waals surface area contributed by atoms with Crippen molar-refractivity contribution in [1.29, 1.82) is 0 Å². The number of morpholine rings is 1. The van der Waals surface area contributed by atoms with Gasteiger partial charge in [0.05, 0.1) is 18.9 Å². The molecule has 0 atom stereocenters. The fourth-order valence-electron chi connectivity index (χ4n) is 3.25. The molecule has 1 aromatic heterocycles. The molecule has 2 heterocycles. The molecule has 29 heavy (non-hydrogen) atoms. The lowest BCUT2D eigenvalue weighted by atomic mass is 10.1. The molecule has 0 radical (unpaired) electrons. The Morgan fingerprint density at radius 3 is 2.66 bits per heavy atom. The molecule has 2 aromatic carbocycles. The number of benzene rings is 2. The molecule has 6 heteroatoms. The summed E-state index contributed by atoms with van der Waals surface area (Å²) in [4.78, 5) is 19.1. The van der Waals surface area contributed by atoms with Crippen LogP contribution in [0.1, 0.15) is 11.1 Å². The third-order valence-electron chi connectivity index (χ3n) is 4.85. The summed E-state index contributed by atoms with van der Waals surface area (Å²) in [5.74, 6) is -0.187. The number of thiazole rings is 1. The van der Waals surface area contributed by atoms with Crippen LogP contribution in [0.5, 0.6) is 0 Å². The summed E-state index contributed by atoms with van der Waals surface area (Å²) in [5, 5.41) is 5.41. The molecule has 1 N–H and O–H groups in total.